The first-order valence-electron chi connectivity index (χ1n) is 13.5. The molecule has 1 unspecified atom stereocenters. The number of carbonyl (C=O) groups is 1. The minimum Gasteiger partial charge on any atom is -0.493 e. The van der Waals surface area contributed by atoms with Crippen LogP contribution in [0.5, 0.6) is 23.0 Å². The molecular formula is C32H28N2O7S. The normalized spacial score (nSPS) is 15.7. The number of carbonyl (C=O) groups excluding carboxylic acids is 1. The highest BCUT2D eigenvalue weighted by atomic mass is 32.1. The van der Waals surface area contributed by atoms with Gasteiger partial charge in [0.25, 0.3) is 5.56 Å². The molecule has 0 N–H and O–H groups in total. The van der Waals surface area contributed by atoms with Gasteiger partial charge in [-0.3, -0.25) is 9.36 Å². The predicted octanol–water partition coefficient (Wildman–Crippen LogP) is 4.07. The van der Waals surface area contributed by atoms with E-state index in [2.05, 4.69) is 0 Å². The van der Waals surface area contributed by atoms with Crippen molar-refractivity contribution < 1.29 is 28.5 Å². The van der Waals surface area contributed by atoms with E-state index < -0.39 is 12.0 Å². The summed E-state index contributed by atoms with van der Waals surface area (Å²) in [7, 11) is 1.58. The number of thiazole rings is 1. The molecule has 3 aromatic carbocycles. The monoisotopic (exact) mass is 584 g/mol. The van der Waals surface area contributed by atoms with Crippen LogP contribution in [0.3, 0.4) is 0 Å². The van der Waals surface area contributed by atoms with Crippen molar-refractivity contribution in [1.29, 1.82) is 0 Å². The molecule has 1 aromatic heterocycles. The topological polar surface area (TPSA) is 97.6 Å². The van der Waals surface area contributed by atoms with Crippen molar-refractivity contribution in [2.24, 2.45) is 4.99 Å². The van der Waals surface area contributed by atoms with Crippen molar-refractivity contribution in [3.8, 4) is 23.0 Å². The summed E-state index contributed by atoms with van der Waals surface area (Å²) in [6, 6.07) is 19.5. The molecule has 0 bridgehead atoms. The summed E-state index contributed by atoms with van der Waals surface area (Å²) in [5.41, 5.74) is 2.60. The Kier molecular flexibility index (Phi) is 7.54. The molecule has 4 aromatic rings. The van der Waals surface area contributed by atoms with Crippen molar-refractivity contribution >= 4 is 29.1 Å². The van der Waals surface area contributed by atoms with Crippen LogP contribution in [-0.4, -0.2) is 37.7 Å². The van der Waals surface area contributed by atoms with Crippen molar-refractivity contribution in [1.82, 2.24) is 4.57 Å². The fraction of sp³-hybridized carbons (Fsp3) is 0.219. The molecule has 0 radical (unpaired) electrons. The van der Waals surface area contributed by atoms with E-state index >= 15 is 0 Å². The third kappa shape index (κ3) is 4.94. The standard InChI is InChI=1S/C32H28N2O7S/c1-4-38-24-15-19(11-13-22(24)37-3)16-26-30(35)34-29(21-12-14-23-25(17-21)41-18-40-23)27(31(36)39-5-2)28(33-32(34)42-26)20-9-7-6-8-10-20/h6-17,29H,4-5,18H2,1-3H3. The first kappa shape index (κ1) is 27.3. The van der Waals surface area contributed by atoms with Gasteiger partial charge in [0, 0.05) is 5.56 Å². The van der Waals surface area contributed by atoms with E-state index in [0.29, 0.717) is 50.2 Å². The molecule has 2 aliphatic rings. The minimum absolute atomic E-state index is 0.100. The lowest BCUT2D eigenvalue weighted by Gasteiger charge is -2.26. The summed E-state index contributed by atoms with van der Waals surface area (Å²) in [6.45, 7) is 4.38. The van der Waals surface area contributed by atoms with E-state index in [-0.39, 0.29) is 24.5 Å². The smallest absolute Gasteiger partial charge is 0.338 e. The summed E-state index contributed by atoms with van der Waals surface area (Å²) >= 11 is 1.25. The van der Waals surface area contributed by atoms with Crippen LogP contribution >= 0.6 is 11.3 Å². The van der Waals surface area contributed by atoms with Gasteiger partial charge < -0.3 is 23.7 Å². The Labute approximate surface area is 245 Å². The fourth-order valence-electron chi connectivity index (χ4n) is 5.04. The quantitative estimate of drug-likeness (QED) is 0.288. The molecule has 0 spiro atoms. The van der Waals surface area contributed by atoms with Crippen LogP contribution in [0.4, 0.5) is 0 Å². The molecule has 42 heavy (non-hydrogen) atoms. The van der Waals surface area contributed by atoms with E-state index in [0.717, 1.165) is 11.1 Å². The molecule has 0 saturated carbocycles. The van der Waals surface area contributed by atoms with E-state index in [4.69, 9.17) is 28.7 Å². The molecule has 0 aliphatic carbocycles. The fourth-order valence-corrected chi connectivity index (χ4v) is 6.04. The van der Waals surface area contributed by atoms with Crippen molar-refractivity contribution in [2.45, 2.75) is 19.9 Å². The molecular weight excluding hydrogens is 556 g/mol. The first-order chi connectivity index (χ1) is 20.5. The third-order valence-corrected chi connectivity index (χ3v) is 7.85. The number of esters is 1. The Morgan fingerprint density at radius 3 is 2.60 bits per heavy atom. The van der Waals surface area contributed by atoms with Gasteiger partial charge in [-0.15, -0.1) is 0 Å². The van der Waals surface area contributed by atoms with Gasteiger partial charge >= 0.3 is 5.97 Å². The Balaban J connectivity index is 1.60. The maximum atomic E-state index is 14.1. The lowest BCUT2D eigenvalue weighted by molar-refractivity contribution is -0.138. The first-order valence-corrected chi connectivity index (χ1v) is 14.3. The summed E-state index contributed by atoms with van der Waals surface area (Å²) < 4.78 is 29.8. The van der Waals surface area contributed by atoms with E-state index in [1.54, 1.807) is 42.9 Å². The summed E-state index contributed by atoms with van der Waals surface area (Å²) in [6.07, 6.45) is 1.79. The molecule has 6 rings (SSSR count). The van der Waals surface area contributed by atoms with Crippen LogP contribution in [0.2, 0.25) is 0 Å². The van der Waals surface area contributed by atoms with Crippen LogP contribution in [0.15, 0.2) is 82.1 Å². The summed E-state index contributed by atoms with van der Waals surface area (Å²) in [4.78, 5) is 33.1. The van der Waals surface area contributed by atoms with Crippen LogP contribution in [-0.2, 0) is 9.53 Å². The molecule has 0 saturated heterocycles. The number of ether oxygens (including phenoxy) is 5. The van der Waals surface area contributed by atoms with Gasteiger partial charge in [-0.05, 0) is 55.3 Å². The van der Waals surface area contributed by atoms with Gasteiger partial charge in [0.2, 0.25) is 6.79 Å². The summed E-state index contributed by atoms with van der Waals surface area (Å²) in [5, 5.41) is 0. The predicted molar refractivity (Wildman–Crippen MR) is 158 cm³/mol. The van der Waals surface area contributed by atoms with Crippen LogP contribution in [0, 0.1) is 0 Å². The number of rotatable bonds is 8. The number of methoxy groups -OCH3 is 1. The zero-order valence-electron chi connectivity index (χ0n) is 23.3. The number of fused-ring (bicyclic) bond motifs is 2. The van der Waals surface area contributed by atoms with Gasteiger partial charge in [0.05, 0.1) is 42.2 Å². The van der Waals surface area contributed by atoms with E-state index in [9.17, 15) is 9.59 Å². The number of hydrogen-bond acceptors (Lipinski definition) is 9. The SMILES string of the molecule is CCOC(=O)C1=C(c2ccccc2)N=c2sc(=Cc3ccc(OC)c(OCC)c3)c(=O)n2C1c1ccc2c(c1)OCO2. The maximum absolute atomic E-state index is 14.1. The average Bonchev–Trinajstić information content (AvgIpc) is 3.60. The van der Waals surface area contributed by atoms with Crippen molar-refractivity contribution in [3.05, 3.63) is 109 Å². The largest absolute Gasteiger partial charge is 0.493 e. The summed E-state index contributed by atoms with van der Waals surface area (Å²) in [5.74, 6) is 1.77. The number of aromatic nitrogens is 1. The highest BCUT2D eigenvalue weighted by Gasteiger charge is 2.36. The second-order valence-electron chi connectivity index (χ2n) is 9.39. The Morgan fingerprint density at radius 2 is 1.83 bits per heavy atom. The Morgan fingerprint density at radius 1 is 1.02 bits per heavy atom. The minimum atomic E-state index is -0.818. The maximum Gasteiger partial charge on any atom is 0.338 e. The Hall–Kier alpha value is -4.83. The number of hydrogen-bond donors (Lipinski definition) is 0. The van der Waals surface area contributed by atoms with Gasteiger partial charge in [0.1, 0.15) is 0 Å². The second kappa shape index (κ2) is 11.6. The number of benzene rings is 3. The molecule has 0 amide bonds. The van der Waals surface area contributed by atoms with Crippen molar-refractivity contribution in [3.63, 3.8) is 0 Å². The lowest BCUT2D eigenvalue weighted by atomic mass is 9.93. The lowest BCUT2D eigenvalue weighted by Crippen LogP contribution is -2.40. The molecule has 9 nitrogen and oxygen atoms in total. The molecule has 10 heteroatoms. The van der Waals surface area contributed by atoms with Gasteiger partial charge in [0.15, 0.2) is 27.8 Å². The van der Waals surface area contributed by atoms with Crippen LogP contribution in [0.1, 0.15) is 36.6 Å². The molecule has 1 atom stereocenters. The molecule has 3 heterocycles. The highest BCUT2D eigenvalue weighted by molar-refractivity contribution is 7.07. The van der Waals surface area contributed by atoms with E-state index in [1.165, 1.54) is 11.3 Å². The highest BCUT2D eigenvalue weighted by Crippen LogP contribution is 2.40. The Bertz CT molecular complexity index is 1870. The van der Waals surface area contributed by atoms with Crippen LogP contribution < -0.4 is 33.8 Å². The van der Waals surface area contributed by atoms with Crippen LogP contribution in [0.25, 0.3) is 11.8 Å². The van der Waals surface area contributed by atoms with Gasteiger partial charge in [-0.1, -0.05) is 53.8 Å². The second-order valence-corrected chi connectivity index (χ2v) is 10.4. The zero-order chi connectivity index (χ0) is 29.2. The molecule has 214 valence electrons. The van der Waals surface area contributed by atoms with E-state index in [1.807, 2.05) is 55.5 Å². The zero-order valence-corrected chi connectivity index (χ0v) is 24.1. The molecule has 2 aliphatic heterocycles. The number of nitrogens with zero attached hydrogens (tertiary/aromatic N) is 2. The average molecular weight is 585 g/mol. The van der Waals surface area contributed by atoms with Crippen molar-refractivity contribution in [2.75, 3.05) is 27.1 Å². The molecule has 0 fully saturated rings. The van der Waals surface area contributed by atoms with Gasteiger partial charge in [-0.2, -0.15) is 0 Å². The van der Waals surface area contributed by atoms with Gasteiger partial charge in [-0.25, -0.2) is 9.79 Å². The third-order valence-electron chi connectivity index (χ3n) is 6.87.